The number of sulfonamides is 1. The molecule has 134 valence electrons. The summed E-state index contributed by atoms with van der Waals surface area (Å²) in [5.74, 6) is -1.29. The number of nitrogens with one attached hydrogen (secondary N) is 1. The van der Waals surface area contributed by atoms with Gasteiger partial charge in [-0.2, -0.15) is 4.31 Å². The van der Waals surface area contributed by atoms with E-state index in [4.69, 9.17) is 5.73 Å². The molecular weight excluding hydrogens is 354 g/mol. The van der Waals surface area contributed by atoms with Crippen molar-refractivity contribution in [3.8, 4) is 0 Å². The quantitative estimate of drug-likeness (QED) is 0.676. The van der Waals surface area contributed by atoms with E-state index in [2.05, 4.69) is 10.1 Å². The first kappa shape index (κ1) is 18.8. The van der Waals surface area contributed by atoms with Crippen molar-refractivity contribution in [2.75, 3.05) is 33.3 Å². The van der Waals surface area contributed by atoms with Crippen LogP contribution in [0.15, 0.2) is 16.3 Å². The predicted molar refractivity (Wildman–Crippen MR) is 89.2 cm³/mol. The monoisotopic (exact) mass is 375 g/mol. The van der Waals surface area contributed by atoms with Gasteiger partial charge in [0.15, 0.2) is 0 Å². The molecule has 0 bridgehead atoms. The summed E-state index contributed by atoms with van der Waals surface area (Å²) in [5.41, 5.74) is 5.36. The molecule has 1 saturated heterocycles. The number of thiophene rings is 1. The van der Waals surface area contributed by atoms with Crippen LogP contribution < -0.4 is 11.1 Å². The van der Waals surface area contributed by atoms with Crippen LogP contribution in [0.3, 0.4) is 0 Å². The molecule has 1 aliphatic heterocycles. The molecule has 24 heavy (non-hydrogen) atoms. The SMILES string of the molecule is COC(=O)c1sccc1S(=O)(=O)N1CCCC(C(=O)NCCN)C1. The Kier molecular flexibility index (Phi) is 6.33. The molecular formula is C14H21N3O5S2. The van der Waals surface area contributed by atoms with Crippen LogP contribution in [0, 0.1) is 5.92 Å². The van der Waals surface area contributed by atoms with E-state index in [-0.39, 0.29) is 22.2 Å². The van der Waals surface area contributed by atoms with Crippen LogP contribution in [0.2, 0.25) is 0 Å². The molecule has 0 saturated carbocycles. The first-order chi connectivity index (χ1) is 11.4. The van der Waals surface area contributed by atoms with Gasteiger partial charge >= 0.3 is 5.97 Å². The number of hydrogen-bond donors (Lipinski definition) is 2. The molecule has 2 heterocycles. The van der Waals surface area contributed by atoms with Crippen molar-refractivity contribution in [2.45, 2.75) is 17.7 Å². The summed E-state index contributed by atoms with van der Waals surface area (Å²) >= 11 is 1.02. The maximum Gasteiger partial charge on any atom is 0.349 e. The molecule has 8 nitrogen and oxygen atoms in total. The van der Waals surface area contributed by atoms with E-state index < -0.39 is 21.9 Å². The first-order valence-corrected chi connectivity index (χ1v) is 9.87. The fourth-order valence-corrected chi connectivity index (χ4v) is 5.43. The molecule has 3 N–H and O–H groups in total. The number of rotatable bonds is 6. The van der Waals surface area contributed by atoms with E-state index in [0.717, 1.165) is 11.3 Å². The third kappa shape index (κ3) is 3.94. The number of nitrogens with zero attached hydrogens (tertiary/aromatic N) is 1. The molecule has 0 spiro atoms. The zero-order valence-corrected chi connectivity index (χ0v) is 15.0. The maximum atomic E-state index is 12.8. The van der Waals surface area contributed by atoms with Crippen LogP contribution in [-0.4, -0.2) is 57.9 Å². The zero-order valence-electron chi connectivity index (χ0n) is 13.4. The fraction of sp³-hybridized carbons (Fsp3) is 0.571. The van der Waals surface area contributed by atoms with Gasteiger partial charge in [-0.15, -0.1) is 11.3 Å². The van der Waals surface area contributed by atoms with Gasteiger partial charge in [-0.1, -0.05) is 0 Å². The minimum absolute atomic E-state index is 0.0483. The van der Waals surface area contributed by atoms with Crippen molar-refractivity contribution in [1.29, 1.82) is 0 Å². The number of carbonyl (C=O) groups is 2. The highest BCUT2D eigenvalue weighted by molar-refractivity contribution is 7.89. The van der Waals surface area contributed by atoms with E-state index in [0.29, 0.717) is 32.5 Å². The predicted octanol–water partition coefficient (Wildman–Crippen LogP) is 0.0103. The molecule has 1 fully saturated rings. The van der Waals surface area contributed by atoms with E-state index in [1.54, 1.807) is 0 Å². The first-order valence-electron chi connectivity index (χ1n) is 7.55. The Balaban J connectivity index is 2.19. The summed E-state index contributed by atoms with van der Waals surface area (Å²) in [6.45, 7) is 1.10. The average Bonchev–Trinajstić information content (AvgIpc) is 3.09. The molecule has 10 heteroatoms. The smallest absolute Gasteiger partial charge is 0.349 e. The lowest BCUT2D eigenvalue weighted by molar-refractivity contribution is -0.126. The minimum Gasteiger partial charge on any atom is -0.465 e. The molecule has 1 atom stereocenters. The van der Waals surface area contributed by atoms with E-state index >= 15 is 0 Å². The number of amides is 1. The summed E-state index contributed by atoms with van der Waals surface area (Å²) in [6, 6.07) is 1.39. The molecule has 1 unspecified atom stereocenters. The Bertz CT molecular complexity index is 701. The Morgan fingerprint density at radius 3 is 2.92 bits per heavy atom. The summed E-state index contributed by atoms with van der Waals surface area (Å²) < 4.78 is 31.6. The number of hydrogen-bond acceptors (Lipinski definition) is 7. The van der Waals surface area contributed by atoms with Crippen molar-refractivity contribution in [2.24, 2.45) is 11.7 Å². The van der Waals surface area contributed by atoms with Gasteiger partial charge in [-0.25, -0.2) is 13.2 Å². The Hall–Kier alpha value is -1.49. The molecule has 0 radical (unpaired) electrons. The van der Waals surface area contributed by atoms with Crippen LogP contribution in [-0.2, 0) is 19.6 Å². The molecule has 2 rings (SSSR count). The lowest BCUT2D eigenvalue weighted by atomic mass is 9.99. The van der Waals surface area contributed by atoms with Gasteiger partial charge in [-0.3, -0.25) is 4.79 Å². The number of carbonyl (C=O) groups excluding carboxylic acids is 2. The van der Waals surface area contributed by atoms with Crippen molar-refractivity contribution in [3.05, 3.63) is 16.3 Å². The Labute approximate surface area is 145 Å². The molecule has 0 aromatic carbocycles. The van der Waals surface area contributed by atoms with Gasteiger partial charge in [-0.05, 0) is 24.3 Å². The largest absolute Gasteiger partial charge is 0.465 e. The fourth-order valence-electron chi connectivity index (χ4n) is 2.60. The molecule has 1 amide bonds. The number of methoxy groups -OCH3 is 1. The summed E-state index contributed by atoms with van der Waals surface area (Å²) in [4.78, 5) is 23.8. The third-order valence-electron chi connectivity index (χ3n) is 3.82. The van der Waals surface area contributed by atoms with Crippen LogP contribution in [0.5, 0.6) is 0 Å². The molecule has 0 aliphatic carbocycles. The van der Waals surface area contributed by atoms with Gasteiger partial charge in [0.05, 0.1) is 13.0 Å². The molecule has 1 aliphatic rings. The van der Waals surface area contributed by atoms with Crippen LogP contribution >= 0.6 is 11.3 Å². The standard InChI is InChI=1S/C14H21N3O5S2/c1-22-14(19)12-11(4-8-23-12)24(20,21)17-7-2-3-10(9-17)13(18)16-6-5-15/h4,8,10H,2-3,5-7,9,15H2,1H3,(H,16,18). The second-order valence-electron chi connectivity index (χ2n) is 5.39. The molecule has 1 aromatic rings. The van der Waals surface area contributed by atoms with Gasteiger partial charge in [0.2, 0.25) is 15.9 Å². The lowest BCUT2D eigenvalue weighted by Crippen LogP contribution is -2.46. The van der Waals surface area contributed by atoms with E-state index in [9.17, 15) is 18.0 Å². The average molecular weight is 375 g/mol. The van der Waals surface area contributed by atoms with Gasteiger partial charge in [0.1, 0.15) is 9.77 Å². The summed E-state index contributed by atoms with van der Waals surface area (Å²) in [5, 5.41) is 4.23. The highest BCUT2D eigenvalue weighted by Gasteiger charge is 2.35. The van der Waals surface area contributed by atoms with Gasteiger partial charge < -0.3 is 15.8 Å². The molecule has 1 aromatic heterocycles. The zero-order chi connectivity index (χ0) is 17.7. The van der Waals surface area contributed by atoms with E-state index in [1.165, 1.54) is 22.9 Å². The van der Waals surface area contributed by atoms with Crippen molar-refractivity contribution < 1.29 is 22.7 Å². The van der Waals surface area contributed by atoms with E-state index in [1.807, 2.05) is 0 Å². The lowest BCUT2D eigenvalue weighted by Gasteiger charge is -2.31. The number of ether oxygens (including phenoxy) is 1. The van der Waals surface area contributed by atoms with Crippen molar-refractivity contribution >= 4 is 33.2 Å². The highest BCUT2D eigenvalue weighted by Crippen LogP contribution is 2.29. The topological polar surface area (TPSA) is 119 Å². The maximum absolute atomic E-state index is 12.8. The highest BCUT2D eigenvalue weighted by atomic mass is 32.2. The minimum atomic E-state index is -3.85. The third-order valence-corrected chi connectivity index (χ3v) is 6.75. The summed E-state index contributed by atoms with van der Waals surface area (Å²) in [6.07, 6.45) is 1.20. The van der Waals surface area contributed by atoms with Crippen molar-refractivity contribution in [1.82, 2.24) is 9.62 Å². The second kappa shape index (κ2) is 8.06. The van der Waals surface area contributed by atoms with Crippen LogP contribution in [0.1, 0.15) is 22.5 Å². The van der Waals surface area contributed by atoms with Crippen LogP contribution in [0.25, 0.3) is 0 Å². The number of esters is 1. The van der Waals surface area contributed by atoms with Gasteiger partial charge in [0, 0.05) is 26.2 Å². The summed E-state index contributed by atoms with van der Waals surface area (Å²) in [7, 11) is -2.65. The normalized spacial score (nSPS) is 19.0. The number of nitrogens with two attached hydrogens (primary N) is 1. The van der Waals surface area contributed by atoms with Crippen molar-refractivity contribution in [3.63, 3.8) is 0 Å². The van der Waals surface area contributed by atoms with Gasteiger partial charge in [0.25, 0.3) is 0 Å². The van der Waals surface area contributed by atoms with Crippen LogP contribution in [0.4, 0.5) is 0 Å². The second-order valence-corrected chi connectivity index (χ2v) is 8.21. The number of piperidine rings is 1. The Morgan fingerprint density at radius 1 is 1.50 bits per heavy atom. The Morgan fingerprint density at radius 2 is 2.25 bits per heavy atom.